The summed E-state index contributed by atoms with van der Waals surface area (Å²) < 4.78 is 0. The van der Waals surface area contributed by atoms with Crippen molar-refractivity contribution in [2.45, 2.75) is 6.42 Å². The van der Waals surface area contributed by atoms with Gasteiger partial charge in [-0.05, 0) is 62.8 Å². The van der Waals surface area contributed by atoms with Gasteiger partial charge in [-0.25, -0.2) is 0 Å². The van der Waals surface area contributed by atoms with Crippen LogP contribution in [0.5, 0.6) is 0 Å². The number of amides is 1. The van der Waals surface area contributed by atoms with E-state index in [4.69, 9.17) is 0 Å². The predicted octanol–water partition coefficient (Wildman–Crippen LogP) is 3.36. The van der Waals surface area contributed by atoms with E-state index in [0.717, 1.165) is 35.8 Å². The molecule has 0 spiro atoms. The first-order valence-electron chi connectivity index (χ1n) is 6.98. The standard InChI is InChI=1S/C16H21N3OS/c1-19(2)11-4-10-17-13-6-8-14(9-7-13)18-16(20)15-5-3-12-21-15/h3,5-9,12,17H,4,10-11H2,1-2H3,(H,18,20). The topological polar surface area (TPSA) is 44.4 Å². The van der Waals surface area contributed by atoms with Gasteiger partial charge in [0.1, 0.15) is 0 Å². The zero-order valence-corrected chi connectivity index (χ0v) is 13.2. The van der Waals surface area contributed by atoms with E-state index in [2.05, 4.69) is 29.6 Å². The maximum absolute atomic E-state index is 11.9. The average molecular weight is 303 g/mol. The lowest BCUT2D eigenvalue weighted by molar-refractivity contribution is 0.103. The first-order chi connectivity index (χ1) is 10.1. The van der Waals surface area contributed by atoms with Crippen LogP contribution in [0.2, 0.25) is 0 Å². The maximum atomic E-state index is 11.9. The number of nitrogens with zero attached hydrogens (tertiary/aromatic N) is 1. The number of carbonyl (C=O) groups is 1. The van der Waals surface area contributed by atoms with E-state index in [1.165, 1.54) is 11.3 Å². The molecule has 2 rings (SSSR count). The Morgan fingerprint density at radius 3 is 2.48 bits per heavy atom. The number of hydrogen-bond acceptors (Lipinski definition) is 4. The minimum absolute atomic E-state index is 0.0586. The van der Waals surface area contributed by atoms with Gasteiger partial charge in [-0.2, -0.15) is 0 Å². The van der Waals surface area contributed by atoms with Crippen LogP contribution >= 0.6 is 11.3 Å². The number of hydrogen-bond donors (Lipinski definition) is 2. The van der Waals surface area contributed by atoms with Gasteiger partial charge in [-0.15, -0.1) is 11.3 Å². The van der Waals surface area contributed by atoms with Crippen LogP contribution in [0.15, 0.2) is 41.8 Å². The monoisotopic (exact) mass is 303 g/mol. The normalized spacial score (nSPS) is 10.6. The van der Waals surface area contributed by atoms with Crippen LogP contribution in [0.1, 0.15) is 16.1 Å². The van der Waals surface area contributed by atoms with Gasteiger partial charge >= 0.3 is 0 Å². The molecule has 0 bridgehead atoms. The Hall–Kier alpha value is -1.85. The first-order valence-corrected chi connectivity index (χ1v) is 7.86. The summed E-state index contributed by atoms with van der Waals surface area (Å²) in [4.78, 5) is 14.8. The highest BCUT2D eigenvalue weighted by atomic mass is 32.1. The molecular weight excluding hydrogens is 282 g/mol. The van der Waals surface area contributed by atoms with Gasteiger partial charge in [-0.1, -0.05) is 6.07 Å². The summed E-state index contributed by atoms with van der Waals surface area (Å²) in [6, 6.07) is 11.5. The molecule has 5 heteroatoms. The first kappa shape index (κ1) is 15.5. The van der Waals surface area contributed by atoms with E-state index >= 15 is 0 Å². The minimum atomic E-state index is -0.0586. The number of thiophene rings is 1. The lowest BCUT2D eigenvalue weighted by Crippen LogP contribution is -2.16. The number of carbonyl (C=O) groups excluding carboxylic acids is 1. The van der Waals surface area contributed by atoms with Crippen LogP contribution in [-0.2, 0) is 0 Å². The highest BCUT2D eigenvalue weighted by Gasteiger charge is 2.06. The second-order valence-electron chi connectivity index (χ2n) is 5.09. The van der Waals surface area contributed by atoms with Crippen molar-refractivity contribution in [3.8, 4) is 0 Å². The van der Waals surface area contributed by atoms with Crippen molar-refractivity contribution in [1.29, 1.82) is 0 Å². The van der Waals surface area contributed by atoms with E-state index in [9.17, 15) is 4.79 Å². The van der Waals surface area contributed by atoms with Crippen molar-refractivity contribution < 1.29 is 4.79 Å². The molecule has 1 aromatic carbocycles. The van der Waals surface area contributed by atoms with E-state index in [0.29, 0.717) is 0 Å². The van der Waals surface area contributed by atoms with Crippen LogP contribution < -0.4 is 10.6 Å². The van der Waals surface area contributed by atoms with E-state index in [1.54, 1.807) is 0 Å². The molecule has 0 saturated heterocycles. The molecule has 0 radical (unpaired) electrons. The second-order valence-corrected chi connectivity index (χ2v) is 6.04. The molecule has 0 saturated carbocycles. The molecule has 2 N–H and O–H groups in total. The van der Waals surface area contributed by atoms with Gasteiger partial charge in [0.2, 0.25) is 0 Å². The molecule has 1 heterocycles. The van der Waals surface area contributed by atoms with Crippen LogP contribution in [0.4, 0.5) is 11.4 Å². The Morgan fingerprint density at radius 2 is 1.86 bits per heavy atom. The summed E-state index contributed by atoms with van der Waals surface area (Å²) >= 11 is 1.44. The minimum Gasteiger partial charge on any atom is -0.385 e. The molecule has 1 aromatic heterocycles. The lowest BCUT2D eigenvalue weighted by Gasteiger charge is -2.11. The Labute approximate surface area is 129 Å². The van der Waals surface area contributed by atoms with Crippen molar-refractivity contribution in [3.05, 3.63) is 46.7 Å². The summed E-state index contributed by atoms with van der Waals surface area (Å²) in [5, 5.41) is 8.16. The van der Waals surface area contributed by atoms with Gasteiger partial charge in [0.25, 0.3) is 5.91 Å². The highest BCUT2D eigenvalue weighted by Crippen LogP contribution is 2.16. The van der Waals surface area contributed by atoms with E-state index < -0.39 is 0 Å². The zero-order valence-electron chi connectivity index (χ0n) is 12.4. The summed E-state index contributed by atoms with van der Waals surface area (Å²) in [6.07, 6.45) is 1.10. The maximum Gasteiger partial charge on any atom is 0.265 e. The van der Waals surface area contributed by atoms with Crippen molar-refractivity contribution in [2.75, 3.05) is 37.8 Å². The van der Waals surface area contributed by atoms with Crippen molar-refractivity contribution in [2.24, 2.45) is 0 Å². The largest absolute Gasteiger partial charge is 0.385 e. The molecule has 4 nitrogen and oxygen atoms in total. The molecule has 0 fully saturated rings. The molecule has 2 aromatic rings. The summed E-state index contributed by atoms with van der Waals surface area (Å²) in [7, 11) is 4.15. The van der Waals surface area contributed by atoms with Gasteiger partial charge in [0, 0.05) is 17.9 Å². The smallest absolute Gasteiger partial charge is 0.265 e. The quantitative estimate of drug-likeness (QED) is 0.771. The fourth-order valence-corrected chi connectivity index (χ4v) is 2.52. The van der Waals surface area contributed by atoms with Crippen molar-refractivity contribution in [1.82, 2.24) is 4.90 Å². The molecule has 21 heavy (non-hydrogen) atoms. The van der Waals surface area contributed by atoms with E-state index in [1.807, 2.05) is 41.8 Å². The zero-order chi connectivity index (χ0) is 15.1. The summed E-state index contributed by atoms with van der Waals surface area (Å²) in [6.45, 7) is 2.01. The van der Waals surface area contributed by atoms with Gasteiger partial charge in [-0.3, -0.25) is 4.79 Å². The molecule has 0 aliphatic rings. The van der Waals surface area contributed by atoms with Crippen molar-refractivity contribution in [3.63, 3.8) is 0 Å². The molecule has 0 atom stereocenters. The average Bonchev–Trinajstić information content (AvgIpc) is 2.99. The molecular formula is C16H21N3OS. The summed E-state index contributed by atoms with van der Waals surface area (Å²) in [5.74, 6) is -0.0586. The van der Waals surface area contributed by atoms with Crippen molar-refractivity contribution >= 4 is 28.6 Å². The van der Waals surface area contributed by atoms with Crippen LogP contribution in [0.3, 0.4) is 0 Å². The third-order valence-corrected chi connectivity index (χ3v) is 3.87. The lowest BCUT2D eigenvalue weighted by atomic mass is 10.2. The molecule has 0 unspecified atom stereocenters. The summed E-state index contributed by atoms with van der Waals surface area (Å²) in [5.41, 5.74) is 1.88. The van der Waals surface area contributed by atoms with Crippen LogP contribution in [-0.4, -0.2) is 38.0 Å². The Morgan fingerprint density at radius 1 is 1.14 bits per heavy atom. The van der Waals surface area contributed by atoms with Crippen LogP contribution in [0, 0.1) is 0 Å². The number of nitrogens with one attached hydrogen (secondary N) is 2. The Bertz CT molecular complexity index is 549. The number of anilines is 2. The van der Waals surface area contributed by atoms with Crippen LogP contribution in [0.25, 0.3) is 0 Å². The Balaban J connectivity index is 1.80. The highest BCUT2D eigenvalue weighted by molar-refractivity contribution is 7.12. The molecule has 0 aliphatic carbocycles. The van der Waals surface area contributed by atoms with Gasteiger partial charge in [0.05, 0.1) is 4.88 Å². The predicted molar refractivity (Wildman–Crippen MR) is 90.4 cm³/mol. The fraction of sp³-hybridized carbons (Fsp3) is 0.312. The van der Waals surface area contributed by atoms with Gasteiger partial charge < -0.3 is 15.5 Å². The number of rotatable bonds is 7. The van der Waals surface area contributed by atoms with Gasteiger partial charge in [0.15, 0.2) is 0 Å². The molecule has 1 amide bonds. The van der Waals surface area contributed by atoms with E-state index in [-0.39, 0.29) is 5.91 Å². The number of benzene rings is 1. The second kappa shape index (κ2) is 7.81. The Kier molecular flexibility index (Phi) is 5.78. The molecule has 0 aliphatic heterocycles. The third-order valence-electron chi connectivity index (χ3n) is 3.00. The SMILES string of the molecule is CN(C)CCCNc1ccc(NC(=O)c2cccs2)cc1. The molecule has 112 valence electrons. The fourth-order valence-electron chi connectivity index (χ4n) is 1.90. The third kappa shape index (κ3) is 5.21.